The van der Waals surface area contributed by atoms with Crippen molar-refractivity contribution < 1.29 is 24.4 Å². The van der Waals surface area contributed by atoms with Gasteiger partial charge in [0.2, 0.25) is 6.10 Å². The number of ether oxygens (including phenoxy) is 1. The molecule has 0 radical (unpaired) electrons. The number of anilines is 1. The lowest BCUT2D eigenvalue weighted by Crippen LogP contribution is -2.58. The predicted octanol–water partition coefficient (Wildman–Crippen LogP) is 4.80. The van der Waals surface area contributed by atoms with Crippen molar-refractivity contribution in [3.05, 3.63) is 69.2 Å². The Morgan fingerprint density at radius 2 is 1.79 bits per heavy atom. The normalized spacial score (nSPS) is 29.9. The molecule has 9 heteroatoms. The first-order valence-electron chi connectivity index (χ1n) is 11.4. The van der Waals surface area contributed by atoms with Crippen LogP contribution in [0.4, 0.5) is 11.4 Å². The van der Waals surface area contributed by atoms with Crippen LogP contribution < -0.4 is 5.32 Å². The van der Waals surface area contributed by atoms with E-state index in [0.29, 0.717) is 24.8 Å². The van der Waals surface area contributed by atoms with Gasteiger partial charge < -0.3 is 15.2 Å². The number of carbonyl (C=O) groups is 2. The van der Waals surface area contributed by atoms with Crippen LogP contribution in [-0.4, -0.2) is 27.5 Å². The lowest BCUT2D eigenvalue weighted by molar-refractivity contribution is -0.384. The van der Waals surface area contributed by atoms with E-state index in [9.17, 15) is 24.8 Å². The summed E-state index contributed by atoms with van der Waals surface area (Å²) < 4.78 is 5.88. The Bertz CT molecular complexity index is 1140. The van der Waals surface area contributed by atoms with Gasteiger partial charge in [-0.15, -0.1) is 0 Å². The van der Waals surface area contributed by atoms with E-state index in [4.69, 9.17) is 16.3 Å². The number of carbonyl (C=O) groups excluding carboxylic acids is 2. The highest BCUT2D eigenvalue weighted by atomic mass is 35.5. The van der Waals surface area contributed by atoms with E-state index in [0.717, 1.165) is 19.3 Å². The molecule has 2 aromatic rings. The average Bonchev–Trinajstić information content (AvgIpc) is 2.77. The fourth-order valence-corrected chi connectivity index (χ4v) is 6.71. The van der Waals surface area contributed by atoms with Gasteiger partial charge in [-0.1, -0.05) is 41.9 Å². The van der Waals surface area contributed by atoms with Crippen LogP contribution in [0.15, 0.2) is 48.5 Å². The van der Waals surface area contributed by atoms with Gasteiger partial charge in [-0.3, -0.25) is 19.7 Å². The van der Waals surface area contributed by atoms with Crippen LogP contribution in [0.25, 0.3) is 0 Å². The van der Waals surface area contributed by atoms with Crippen LogP contribution in [0.5, 0.6) is 0 Å². The fourth-order valence-electron chi connectivity index (χ4n) is 6.52. The molecule has 2 aromatic carbocycles. The molecule has 0 heterocycles. The van der Waals surface area contributed by atoms with Crippen LogP contribution in [0, 0.1) is 27.4 Å². The maximum atomic E-state index is 13.5. The second-order valence-electron chi connectivity index (χ2n) is 10.1. The molecule has 8 nitrogen and oxygen atoms in total. The summed E-state index contributed by atoms with van der Waals surface area (Å²) in [6.45, 7) is 0. The summed E-state index contributed by atoms with van der Waals surface area (Å²) in [5.41, 5.74) is -1.31. The number of esters is 1. The number of nitrogens with one attached hydrogen (secondary N) is 1. The fraction of sp³-hybridized carbons (Fsp3) is 0.440. The van der Waals surface area contributed by atoms with Crippen molar-refractivity contribution in [3.8, 4) is 0 Å². The summed E-state index contributed by atoms with van der Waals surface area (Å²) in [5.74, 6) is -0.513. The third-order valence-electron chi connectivity index (χ3n) is 7.44. The van der Waals surface area contributed by atoms with Gasteiger partial charge in [0.25, 0.3) is 11.6 Å². The Kier molecular flexibility index (Phi) is 5.61. The number of nitrogens with zero attached hydrogens (tertiary/aromatic N) is 1. The maximum absolute atomic E-state index is 13.5. The lowest BCUT2D eigenvalue weighted by Gasteiger charge is -2.58. The zero-order chi connectivity index (χ0) is 24.1. The number of aliphatic hydroxyl groups is 1. The molecule has 4 saturated carbocycles. The number of benzene rings is 2. The van der Waals surface area contributed by atoms with Crippen molar-refractivity contribution in [2.75, 3.05) is 5.32 Å². The summed E-state index contributed by atoms with van der Waals surface area (Å²) in [4.78, 5) is 37.4. The molecule has 0 aliphatic heterocycles. The number of nitro groups is 1. The van der Waals surface area contributed by atoms with Crippen LogP contribution in [0.2, 0.25) is 5.02 Å². The van der Waals surface area contributed by atoms with Crippen LogP contribution in [0.3, 0.4) is 0 Å². The Morgan fingerprint density at radius 3 is 2.41 bits per heavy atom. The van der Waals surface area contributed by atoms with E-state index in [2.05, 4.69) is 5.32 Å². The minimum atomic E-state index is -1.24. The molecule has 3 unspecified atom stereocenters. The number of nitro benzene ring substituents is 1. The predicted molar refractivity (Wildman–Crippen MR) is 124 cm³/mol. The third kappa shape index (κ3) is 4.16. The number of hydrogen-bond acceptors (Lipinski definition) is 6. The second-order valence-corrected chi connectivity index (χ2v) is 10.5. The largest absolute Gasteiger partial charge is 0.447 e. The van der Waals surface area contributed by atoms with Gasteiger partial charge in [-0.2, -0.15) is 0 Å². The minimum Gasteiger partial charge on any atom is -0.447 e. The van der Waals surface area contributed by atoms with E-state index < -0.39 is 33.9 Å². The van der Waals surface area contributed by atoms with E-state index >= 15 is 0 Å². The maximum Gasteiger partial charge on any atom is 0.313 e. The molecule has 4 aliphatic rings. The van der Waals surface area contributed by atoms with Gasteiger partial charge in [0.15, 0.2) is 0 Å². The van der Waals surface area contributed by atoms with Gasteiger partial charge in [-0.25, -0.2) is 0 Å². The average molecular weight is 485 g/mol. The molecule has 2 N–H and O–H groups in total. The Labute approximate surface area is 201 Å². The number of rotatable bonds is 6. The highest BCUT2D eigenvalue weighted by molar-refractivity contribution is 6.32. The first-order valence-corrected chi connectivity index (χ1v) is 11.8. The topological polar surface area (TPSA) is 119 Å². The summed E-state index contributed by atoms with van der Waals surface area (Å²) in [6, 6.07) is 12.6. The first-order chi connectivity index (χ1) is 16.2. The van der Waals surface area contributed by atoms with Crippen LogP contribution >= 0.6 is 11.6 Å². The van der Waals surface area contributed by atoms with E-state index in [1.807, 2.05) is 0 Å². The summed E-state index contributed by atoms with van der Waals surface area (Å²) in [5, 5.41) is 24.8. The zero-order valence-electron chi connectivity index (χ0n) is 18.4. The molecule has 34 heavy (non-hydrogen) atoms. The molecular weight excluding hydrogens is 460 g/mol. The highest BCUT2D eigenvalue weighted by Crippen LogP contribution is 2.62. The summed E-state index contributed by atoms with van der Waals surface area (Å²) in [6.07, 6.45) is 2.90. The van der Waals surface area contributed by atoms with Crippen molar-refractivity contribution in [2.45, 2.75) is 50.2 Å². The summed E-state index contributed by atoms with van der Waals surface area (Å²) in [7, 11) is 0. The molecule has 1 amide bonds. The van der Waals surface area contributed by atoms with Crippen molar-refractivity contribution >= 4 is 34.9 Å². The van der Waals surface area contributed by atoms with Crippen LogP contribution in [-0.2, 0) is 14.3 Å². The van der Waals surface area contributed by atoms with Crippen LogP contribution in [0.1, 0.15) is 50.2 Å². The van der Waals surface area contributed by atoms with Gasteiger partial charge in [0, 0.05) is 17.3 Å². The smallest absolute Gasteiger partial charge is 0.313 e. The first kappa shape index (κ1) is 22.8. The molecular formula is C25H25ClN2O6. The van der Waals surface area contributed by atoms with Gasteiger partial charge in [-0.05, 0) is 62.5 Å². The molecule has 3 atom stereocenters. The van der Waals surface area contributed by atoms with Gasteiger partial charge in [0.1, 0.15) is 5.02 Å². The molecule has 0 spiro atoms. The Hall–Kier alpha value is -2.97. The second kappa shape index (κ2) is 8.36. The monoisotopic (exact) mass is 484 g/mol. The van der Waals surface area contributed by atoms with Gasteiger partial charge in [0.05, 0.1) is 15.9 Å². The quantitative estimate of drug-likeness (QED) is 0.345. The Morgan fingerprint density at radius 1 is 1.12 bits per heavy atom. The van der Waals surface area contributed by atoms with Crippen molar-refractivity contribution in [1.29, 1.82) is 0 Å². The molecule has 178 valence electrons. The SMILES string of the molecule is O=C(Nc1ccc(Cl)c([N+](=O)[O-])c1)C(OC(=O)C12CC3CC(CC(O)(C3)C1)C2)c1ccccc1. The molecule has 4 aliphatic carbocycles. The molecule has 0 aromatic heterocycles. The standard InChI is InChI=1S/C25H25ClN2O6/c26-19-7-6-18(9-20(19)28(32)33)27-22(29)21(17-4-2-1-3-5-17)34-23(30)24-10-15-8-16(11-24)13-25(31,12-15)14-24/h1-7,9,15-16,21,31H,8,10-14H2,(H,27,29). The molecule has 0 saturated heterocycles. The van der Waals surface area contributed by atoms with E-state index in [-0.39, 0.29) is 28.2 Å². The minimum absolute atomic E-state index is 0.0474. The lowest BCUT2D eigenvalue weighted by atomic mass is 9.48. The Balaban J connectivity index is 1.40. The number of hydrogen-bond donors (Lipinski definition) is 2. The van der Waals surface area contributed by atoms with Crippen molar-refractivity contribution in [2.24, 2.45) is 17.3 Å². The van der Waals surface area contributed by atoms with Crippen molar-refractivity contribution in [3.63, 3.8) is 0 Å². The number of amides is 1. The zero-order valence-corrected chi connectivity index (χ0v) is 19.2. The summed E-state index contributed by atoms with van der Waals surface area (Å²) >= 11 is 5.87. The highest BCUT2D eigenvalue weighted by Gasteiger charge is 2.61. The van der Waals surface area contributed by atoms with Crippen molar-refractivity contribution in [1.82, 2.24) is 0 Å². The third-order valence-corrected chi connectivity index (χ3v) is 7.76. The number of halogens is 1. The van der Waals surface area contributed by atoms with Gasteiger partial charge >= 0.3 is 5.97 Å². The molecule has 6 rings (SSSR count). The van der Waals surface area contributed by atoms with E-state index in [1.54, 1.807) is 30.3 Å². The molecule has 4 bridgehead atoms. The van der Waals surface area contributed by atoms with E-state index in [1.165, 1.54) is 18.2 Å². The molecule has 4 fully saturated rings.